The lowest BCUT2D eigenvalue weighted by molar-refractivity contribution is -0.116. The second-order valence-electron chi connectivity index (χ2n) is 5.24. The van der Waals surface area contributed by atoms with Crippen LogP contribution in [0, 0.1) is 0 Å². The van der Waals surface area contributed by atoms with Crippen LogP contribution in [0.2, 0.25) is 0 Å². The van der Waals surface area contributed by atoms with Crippen molar-refractivity contribution in [1.82, 2.24) is 9.55 Å². The highest BCUT2D eigenvalue weighted by Crippen LogP contribution is 2.20. The molecule has 118 valence electrons. The van der Waals surface area contributed by atoms with Crippen LogP contribution < -0.4 is 5.32 Å². The van der Waals surface area contributed by atoms with Gasteiger partial charge in [0.15, 0.2) is 0 Å². The van der Waals surface area contributed by atoms with Gasteiger partial charge in [0.05, 0.1) is 11.0 Å². The smallest absolute Gasteiger partial charge is 0.244 e. The predicted octanol–water partition coefficient (Wildman–Crippen LogP) is 3.96. The molecule has 5 heteroatoms. The molecule has 0 fully saturated rings. The maximum Gasteiger partial charge on any atom is 0.244 e. The first-order chi connectivity index (χ1) is 11.2. The molecular weight excluding hydrogens is 306 g/mol. The van der Waals surface area contributed by atoms with E-state index in [-0.39, 0.29) is 12.5 Å². The van der Waals surface area contributed by atoms with Gasteiger partial charge in [-0.25, -0.2) is 4.98 Å². The average Bonchev–Trinajstić information content (AvgIpc) is 2.93. The number of benzene rings is 2. The SMILES string of the molecule is CCc1nc2ccccc2n1CC(=O)Nc1cccc(SC)c1. The van der Waals surface area contributed by atoms with Gasteiger partial charge in [0.2, 0.25) is 5.91 Å². The maximum absolute atomic E-state index is 12.4. The van der Waals surface area contributed by atoms with E-state index in [0.717, 1.165) is 33.9 Å². The van der Waals surface area contributed by atoms with Gasteiger partial charge in [-0.1, -0.05) is 25.1 Å². The molecule has 0 aliphatic carbocycles. The normalized spacial score (nSPS) is 10.9. The predicted molar refractivity (Wildman–Crippen MR) is 96.0 cm³/mol. The van der Waals surface area contributed by atoms with E-state index >= 15 is 0 Å². The zero-order chi connectivity index (χ0) is 16.2. The molecule has 0 saturated heterocycles. The minimum Gasteiger partial charge on any atom is -0.324 e. The molecule has 1 aromatic heterocycles. The number of fused-ring (bicyclic) bond motifs is 1. The highest BCUT2D eigenvalue weighted by molar-refractivity contribution is 7.98. The maximum atomic E-state index is 12.4. The number of hydrogen-bond donors (Lipinski definition) is 1. The molecule has 1 amide bonds. The first kappa shape index (κ1) is 15.6. The lowest BCUT2D eigenvalue weighted by atomic mass is 10.3. The summed E-state index contributed by atoms with van der Waals surface area (Å²) >= 11 is 1.66. The van der Waals surface area contributed by atoms with E-state index in [4.69, 9.17) is 0 Å². The summed E-state index contributed by atoms with van der Waals surface area (Å²) in [4.78, 5) is 18.2. The first-order valence-electron chi connectivity index (χ1n) is 7.59. The number of amides is 1. The van der Waals surface area contributed by atoms with Gasteiger partial charge in [-0.15, -0.1) is 11.8 Å². The highest BCUT2D eigenvalue weighted by atomic mass is 32.2. The number of anilines is 1. The third kappa shape index (κ3) is 3.40. The number of aromatic nitrogens is 2. The third-order valence-electron chi connectivity index (χ3n) is 3.71. The quantitative estimate of drug-likeness (QED) is 0.722. The second kappa shape index (κ2) is 6.87. The zero-order valence-electron chi connectivity index (χ0n) is 13.2. The third-order valence-corrected chi connectivity index (χ3v) is 4.43. The van der Waals surface area contributed by atoms with Gasteiger partial charge < -0.3 is 9.88 Å². The first-order valence-corrected chi connectivity index (χ1v) is 8.81. The number of hydrogen-bond acceptors (Lipinski definition) is 3. The lowest BCUT2D eigenvalue weighted by Gasteiger charge is -2.10. The van der Waals surface area contributed by atoms with Gasteiger partial charge in [0.1, 0.15) is 12.4 Å². The van der Waals surface area contributed by atoms with Crippen molar-refractivity contribution >= 4 is 34.4 Å². The van der Waals surface area contributed by atoms with Gasteiger partial charge in [-0.3, -0.25) is 4.79 Å². The van der Waals surface area contributed by atoms with Crippen LogP contribution >= 0.6 is 11.8 Å². The van der Waals surface area contributed by atoms with Gasteiger partial charge in [0.25, 0.3) is 0 Å². The van der Waals surface area contributed by atoms with Crippen LogP contribution in [0.4, 0.5) is 5.69 Å². The summed E-state index contributed by atoms with van der Waals surface area (Å²) in [5.74, 6) is 0.889. The minimum absolute atomic E-state index is 0.0406. The summed E-state index contributed by atoms with van der Waals surface area (Å²) in [6, 6.07) is 15.8. The molecule has 2 aromatic carbocycles. The van der Waals surface area contributed by atoms with Crippen molar-refractivity contribution in [3.63, 3.8) is 0 Å². The van der Waals surface area contributed by atoms with E-state index in [0.29, 0.717) is 0 Å². The number of nitrogens with one attached hydrogen (secondary N) is 1. The van der Waals surface area contributed by atoms with Crippen molar-refractivity contribution in [2.24, 2.45) is 0 Å². The number of aryl methyl sites for hydroxylation is 1. The van der Waals surface area contributed by atoms with Crippen LogP contribution in [0.15, 0.2) is 53.4 Å². The fraction of sp³-hybridized carbons (Fsp3) is 0.222. The summed E-state index contributed by atoms with van der Waals surface area (Å²) in [6.07, 6.45) is 2.82. The minimum atomic E-state index is -0.0406. The van der Waals surface area contributed by atoms with E-state index < -0.39 is 0 Å². The average molecular weight is 325 g/mol. The number of nitrogens with zero attached hydrogens (tertiary/aromatic N) is 2. The van der Waals surface area contributed by atoms with Crippen molar-refractivity contribution in [3.05, 3.63) is 54.4 Å². The number of imidazole rings is 1. The van der Waals surface area contributed by atoms with Crippen molar-refractivity contribution in [2.75, 3.05) is 11.6 Å². The summed E-state index contributed by atoms with van der Waals surface area (Å²) in [5, 5.41) is 2.97. The summed E-state index contributed by atoms with van der Waals surface area (Å²) in [7, 11) is 0. The molecular formula is C18H19N3OS. The standard InChI is InChI=1S/C18H19N3OS/c1-3-17-20-15-9-4-5-10-16(15)21(17)12-18(22)19-13-7-6-8-14(11-13)23-2/h4-11H,3,12H2,1-2H3,(H,19,22). The van der Waals surface area contributed by atoms with E-state index in [1.807, 2.05) is 59.4 Å². The van der Waals surface area contributed by atoms with Gasteiger partial charge in [0, 0.05) is 17.0 Å². The van der Waals surface area contributed by atoms with Gasteiger partial charge >= 0.3 is 0 Å². The Hall–Kier alpha value is -2.27. The molecule has 0 unspecified atom stereocenters. The molecule has 1 N–H and O–H groups in total. The summed E-state index contributed by atoms with van der Waals surface area (Å²) in [6.45, 7) is 2.32. The van der Waals surface area contributed by atoms with Crippen molar-refractivity contribution in [2.45, 2.75) is 24.8 Å². The van der Waals surface area contributed by atoms with Crippen LogP contribution in [-0.4, -0.2) is 21.7 Å². The Morgan fingerprint density at radius 2 is 2.04 bits per heavy atom. The molecule has 3 aromatic rings. The van der Waals surface area contributed by atoms with Crippen LogP contribution in [0.5, 0.6) is 0 Å². The lowest BCUT2D eigenvalue weighted by Crippen LogP contribution is -2.20. The Morgan fingerprint density at radius 1 is 1.22 bits per heavy atom. The van der Waals surface area contributed by atoms with Crippen LogP contribution in [0.3, 0.4) is 0 Å². The number of carbonyl (C=O) groups is 1. The molecule has 3 rings (SSSR count). The zero-order valence-corrected chi connectivity index (χ0v) is 14.1. The van der Waals surface area contributed by atoms with Gasteiger partial charge in [-0.2, -0.15) is 0 Å². The largest absolute Gasteiger partial charge is 0.324 e. The molecule has 1 heterocycles. The fourth-order valence-corrected chi connectivity index (χ4v) is 3.08. The van der Waals surface area contributed by atoms with E-state index in [9.17, 15) is 4.79 Å². The Morgan fingerprint density at radius 3 is 2.83 bits per heavy atom. The Bertz CT molecular complexity index is 841. The van der Waals surface area contributed by atoms with Crippen LogP contribution in [-0.2, 0) is 17.8 Å². The van der Waals surface area contributed by atoms with E-state index in [1.165, 1.54) is 0 Å². The molecule has 4 nitrogen and oxygen atoms in total. The molecule has 0 saturated carbocycles. The van der Waals surface area contributed by atoms with Crippen molar-refractivity contribution in [1.29, 1.82) is 0 Å². The highest BCUT2D eigenvalue weighted by Gasteiger charge is 2.12. The number of thioether (sulfide) groups is 1. The van der Waals surface area contributed by atoms with Crippen LogP contribution in [0.1, 0.15) is 12.7 Å². The van der Waals surface area contributed by atoms with E-state index in [1.54, 1.807) is 11.8 Å². The monoisotopic (exact) mass is 325 g/mol. The van der Waals surface area contributed by atoms with Crippen molar-refractivity contribution in [3.8, 4) is 0 Å². The number of para-hydroxylation sites is 2. The molecule has 0 aliphatic rings. The molecule has 0 aliphatic heterocycles. The van der Waals surface area contributed by atoms with E-state index in [2.05, 4.69) is 17.2 Å². The fourth-order valence-electron chi connectivity index (χ4n) is 2.62. The Labute approximate surface area is 139 Å². The summed E-state index contributed by atoms with van der Waals surface area (Å²) < 4.78 is 1.99. The topological polar surface area (TPSA) is 46.9 Å². The molecule has 0 bridgehead atoms. The molecule has 0 atom stereocenters. The van der Waals surface area contributed by atoms with Crippen molar-refractivity contribution < 1.29 is 4.79 Å². The van der Waals surface area contributed by atoms with Crippen LogP contribution in [0.25, 0.3) is 11.0 Å². The summed E-state index contributed by atoms with van der Waals surface area (Å²) in [5.41, 5.74) is 2.75. The molecule has 0 radical (unpaired) electrons. The number of carbonyl (C=O) groups excluding carboxylic acids is 1. The molecule has 0 spiro atoms. The molecule has 23 heavy (non-hydrogen) atoms. The van der Waals surface area contributed by atoms with Gasteiger partial charge in [-0.05, 0) is 36.6 Å². The second-order valence-corrected chi connectivity index (χ2v) is 6.12. The Kier molecular flexibility index (Phi) is 4.67. The number of rotatable bonds is 5. The Balaban J connectivity index is 1.82.